The molecule has 2 aliphatic rings. The largest absolute Gasteiger partial charge is 0.327 e. The second-order valence-electron chi connectivity index (χ2n) is 3.24. The number of halogens is 1. The molecule has 0 aliphatic heterocycles. The van der Waals surface area contributed by atoms with Crippen LogP contribution in [0.4, 0.5) is 0 Å². The van der Waals surface area contributed by atoms with E-state index in [0.29, 0.717) is 6.04 Å². The summed E-state index contributed by atoms with van der Waals surface area (Å²) < 4.78 is 0. The minimum atomic E-state index is 0. The molecule has 2 fully saturated rings. The van der Waals surface area contributed by atoms with Crippen molar-refractivity contribution in [3.63, 3.8) is 0 Å². The Labute approximate surface area is 62.4 Å². The molecule has 2 N–H and O–H groups in total. The lowest BCUT2D eigenvalue weighted by molar-refractivity contribution is 0.225. The molecule has 2 aliphatic carbocycles. The van der Waals surface area contributed by atoms with Crippen molar-refractivity contribution in [2.45, 2.75) is 31.7 Å². The van der Waals surface area contributed by atoms with Gasteiger partial charge in [-0.15, -0.1) is 12.4 Å². The van der Waals surface area contributed by atoms with Gasteiger partial charge < -0.3 is 5.73 Å². The predicted molar refractivity (Wildman–Crippen MR) is 40.7 cm³/mol. The van der Waals surface area contributed by atoms with Crippen molar-refractivity contribution in [1.82, 2.24) is 0 Å². The molecule has 2 unspecified atom stereocenters. The van der Waals surface area contributed by atoms with E-state index in [9.17, 15) is 0 Å². The number of hydrogen-bond acceptors (Lipinski definition) is 1. The van der Waals surface area contributed by atoms with Gasteiger partial charge in [0.05, 0.1) is 0 Å². The third kappa shape index (κ3) is 1.22. The highest BCUT2D eigenvalue weighted by atomic mass is 35.5. The maximum absolute atomic E-state index is 5.76. The Bertz CT molecular complexity index is 99.1. The maximum atomic E-state index is 5.76. The summed E-state index contributed by atoms with van der Waals surface area (Å²) in [5.74, 6) is 1.99. The van der Waals surface area contributed by atoms with Crippen molar-refractivity contribution in [2.75, 3.05) is 0 Å². The van der Waals surface area contributed by atoms with Crippen LogP contribution in [0.15, 0.2) is 0 Å². The summed E-state index contributed by atoms with van der Waals surface area (Å²) >= 11 is 0. The van der Waals surface area contributed by atoms with Crippen LogP contribution in [0.1, 0.15) is 25.7 Å². The van der Waals surface area contributed by atoms with Gasteiger partial charge in [0.1, 0.15) is 0 Å². The Hall–Kier alpha value is 0.250. The third-order valence-electron chi connectivity index (χ3n) is 2.61. The van der Waals surface area contributed by atoms with Crippen molar-refractivity contribution in [1.29, 1.82) is 0 Å². The summed E-state index contributed by atoms with van der Waals surface area (Å²) in [5.41, 5.74) is 5.76. The zero-order valence-corrected chi connectivity index (χ0v) is 6.36. The van der Waals surface area contributed by atoms with Crippen LogP contribution in [-0.2, 0) is 0 Å². The molecule has 0 bridgehead atoms. The zero-order chi connectivity index (χ0) is 5.56. The van der Waals surface area contributed by atoms with Crippen LogP contribution in [0.3, 0.4) is 0 Å². The molecule has 0 radical (unpaired) electrons. The smallest absolute Gasteiger partial charge is 0.00699 e. The lowest BCUT2D eigenvalue weighted by Crippen LogP contribution is -2.40. The third-order valence-corrected chi connectivity index (χ3v) is 2.61. The van der Waals surface area contributed by atoms with Crippen LogP contribution >= 0.6 is 12.4 Å². The average Bonchev–Trinajstić information content (AvgIpc) is 2.46. The number of hydrogen-bond donors (Lipinski definition) is 1. The summed E-state index contributed by atoms with van der Waals surface area (Å²) in [6, 6.07) is 0.586. The average molecular weight is 148 g/mol. The van der Waals surface area contributed by atoms with Gasteiger partial charge in [0, 0.05) is 6.04 Å². The Morgan fingerprint density at radius 3 is 1.78 bits per heavy atom. The minimum Gasteiger partial charge on any atom is -0.327 e. The van der Waals surface area contributed by atoms with Gasteiger partial charge in [-0.3, -0.25) is 0 Å². The van der Waals surface area contributed by atoms with Crippen molar-refractivity contribution in [3.05, 3.63) is 0 Å². The fraction of sp³-hybridized carbons (Fsp3) is 1.00. The van der Waals surface area contributed by atoms with Gasteiger partial charge in [0.2, 0.25) is 0 Å². The van der Waals surface area contributed by atoms with E-state index in [0.717, 1.165) is 11.8 Å². The molecule has 9 heavy (non-hydrogen) atoms. The normalized spacial score (nSPS) is 41.0. The first-order chi connectivity index (χ1) is 3.88. The van der Waals surface area contributed by atoms with E-state index in [1.54, 1.807) is 0 Å². The highest BCUT2D eigenvalue weighted by Crippen LogP contribution is 2.45. The highest BCUT2D eigenvalue weighted by molar-refractivity contribution is 5.85. The highest BCUT2D eigenvalue weighted by Gasteiger charge is 2.39. The second-order valence-corrected chi connectivity index (χ2v) is 3.24. The molecule has 0 aromatic heterocycles. The van der Waals surface area contributed by atoms with Gasteiger partial charge in [0.25, 0.3) is 0 Å². The Morgan fingerprint density at radius 2 is 1.67 bits per heavy atom. The Morgan fingerprint density at radius 1 is 1.00 bits per heavy atom. The van der Waals surface area contributed by atoms with Crippen molar-refractivity contribution >= 4 is 12.4 Å². The van der Waals surface area contributed by atoms with Gasteiger partial charge in [-0.25, -0.2) is 0 Å². The van der Waals surface area contributed by atoms with E-state index >= 15 is 0 Å². The molecule has 0 spiro atoms. The SMILES string of the molecule is Cl.NC1CCC1C1CC1. The van der Waals surface area contributed by atoms with E-state index in [1.807, 2.05) is 0 Å². The monoisotopic (exact) mass is 147 g/mol. The molecule has 54 valence electrons. The van der Waals surface area contributed by atoms with Crippen molar-refractivity contribution < 1.29 is 0 Å². The Kier molecular flexibility index (Phi) is 2.02. The van der Waals surface area contributed by atoms with E-state index in [4.69, 9.17) is 5.73 Å². The molecular formula is C7H14ClN. The molecule has 0 saturated heterocycles. The summed E-state index contributed by atoms with van der Waals surface area (Å²) in [4.78, 5) is 0. The molecule has 2 heteroatoms. The van der Waals surface area contributed by atoms with Crippen LogP contribution in [0.25, 0.3) is 0 Å². The van der Waals surface area contributed by atoms with Gasteiger partial charge in [-0.05, 0) is 37.5 Å². The fourth-order valence-corrected chi connectivity index (χ4v) is 1.66. The van der Waals surface area contributed by atoms with E-state index in [2.05, 4.69) is 0 Å². The number of rotatable bonds is 1. The first-order valence-corrected chi connectivity index (χ1v) is 3.63. The van der Waals surface area contributed by atoms with Gasteiger partial charge >= 0.3 is 0 Å². The van der Waals surface area contributed by atoms with Gasteiger partial charge in [0.15, 0.2) is 0 Å². The van der Waals surface area contributed by atoms with Crippen LogP contribution in [0.2, 0.25) is 0 Å². The lowest BCUT2D eigenvalue weighted by Gasteiger charge is -2.33. The second kappa shape index (κ2) is 2.47. The van der Waals surface area contributed by atoms with Crippen molar-refractivity contribution in [3.8, 4) is 0 Å². The molecule has 1 nitrogen and oxygen atoms in total. The Balaban J connectivity index is 0.000000405. The van der Waals surface area contributed by atoms with Crippen LogP contribution in [-0.4, -0.2) is 6.04 Å². The van der Waals surface area contributed by atoms with Crippen LogP contribution in [0, 0.1) is 11.8 Å². The molecule has 0 aromatic carbocycles. The van der Waals surface area contributed by atoms with Crippen LogP contribution < -0.4 is 5.73 Å². The molecule has 2 saturated carbocycles. The molecule has 0 heterocycles. The lowest BCUT2D eigenvalue weighted by atomic mass is 9.77. The molecular weight excluding hydrogens is 134 g/mol. The molecule has 2 atom stereocenters. The predicted octanol–water partition coefficient (Wildman–Crippen LogP) is 1.56. The quantitative estimate of drug-likeness (QED) is 0.599. The molecule has 2 rings (SSSR count). The van der Waals surface area contributed by atoms with Crippen molar-refractivity contribution in [2.24, 2.45) is 17.6 Å². The standard InChI is InChI=1S/C7H13N.ClH/c8-7-4-3-6(7)5-1-2-5;/h5-7H,1-4,8H2;1H. The zero-order valence-electron chi connectivity index (χ0n) is 5.55. The van der Waals surface area contributed by atoms with Gasteiger partial charge in [-0.2, -0.15) is 0 Å². The van der Waals surface area contributed by atoms with E-state index < -0.39 is 0 Å². The fourth-order valence-electron chi connectivity index (χ4n) is 1.66. The minimum absolute atomic E-state index is 0. The number of nitrogens with two attached hydrogens (primary N) is 1. The molecule has 0 aromatic rings. The van der Waals surface area contributed by atoms with E-state index in [-0.39, 0.29) is 12.4 Å². The summed E-state index contributed by atoms with van der Waals surface area (Å²) in [7, 11) is 0. The summed E-state index contributed by atoms with van der Waals surface area (Å²) in [5, 5.41) is 0. The van der Waals surface area contributed by atoms with Gasteiger partial charge in [-0.1, -0.05) is 0 Å². The first-order valence-electron chi connectivity index (χ1n) is 3.63. The van der Waals surface area contributed by atoms with Crippen LogP contribution in [0.5, 0.6) is 0 Å². The summed E-state index contributed by atoms with van der Waals surface area (Å²) in [6.45, 7) is 0. The first kappa shape index (κ1) is 7.36. The topological polar surface area (TPSA) is 26.0 Å². The maximum Gasteiger partial charge on any atom is 0.00699 e. The van der Waals surface area contributed by atoms with E-state index in [1.165, 1.54) is 25.7 Å². The summed E-state index contributed by atoms with van der Waals surface area (Å²) in [6.07, 6.45) is 5.66. The molecule has 0 amide bonds.